The van der Waals surface area contributed by atoms with Gasteiger partial charge in [0, 0.05) is 16.2 Å². The maximum Gasteiger partial charge on any atom is 0.248 e. The average molecular weight is 332 g/mol. The van der Waals surface area contributed by atoms with E-state index in [2.05, 4.69) is 21.2 Å². The van der Waals surface area contributed by atoms with E-state index in [9.17, 15) is 4.79 Å². The molecular formula is C16H14BrNO2. The van der Waals surface area contributed by atoms with E-state index in [0.717, 1.165) is 21.5 Å². The first-order chi connectivity index (χ1) is 9.67. The lowest BCUT2D eigenvalue weighted by atomic mass is 10.2. The molecule has 1 amide bonds. The molecule has 0 bridgehead atoms. The molecule has 20 heavy (non-hydrogen) atoms. The van der Waals surface area contributed by atoms with Gasteiger partial charge in [0.1, 0.15) is 5.75 Å². The van der Waals surface area contributed by atoms with Gasteiger partial charge < -0.3 is 10.1 Å². The number of anilines is 1. The van der Waals surface area contributed by atoms with Crippen molar-refractivity contribution in [2.75, 3.05) is 12.4 Å². The summed E-state index contributed by atoms with van der Waals surface area (Å²) in [6.45, 7) is 0. The second kappa shape index (κ2) is 6.91. The van der Waals surface area contributed by atoms with Gasteiger partial charge >= 0.3 is 0 Å². The van der Waals surface area contributed by atoms with Crippen molar-refractivity contribution in [3.05, 3.63) is 64.6 Å². The van der Waals surface area contributed by atoms with Gasteiger partial charge in [-0.1, -0.05) is 28.1 Å². The smallest absolute Gasteiger partial charge is 0.248 e. The molecule has 0 aliphatic carbocycles. The molecule has 0 atom stereocenters. The molecule has 0 spiro atoms. The molecule has 0 unspecified atom stereocenters. The fourth-order valence-corrected chi connectivity index (χ4v) is 1.87. The van der Waals surface area contributed by atoms with Gasteiger partial charge in [0.05, 0.1) is 7.11 Å². The third kappa shape index (κ3) is 4.24. The number of carbonyl (C=O) groups is 1. The molecule has 0 fully saturated rings. The van der Waals surface area contributed by atoms with Crippen LogP contribution in [0.2, 0.25) is 0 Å². The number of carbonyl (C=O) groups excluding carboxylic acids is 1. The molecule has 4 heteroatoms. The minimum absolute atomic E-state index is 0.164. The largest absolute Gasteiger partial charge is 0.497 e. The standard InChI is InChI=1S/C16H14BrNO2/c1-20-15-9-2-12(3-10-15)4-11-16(19)18-14-7-5-13(17)6-8-14/h2-11H,1H3,(H,18,19). The minimum Gasteiger partial charge on any atom is -0.497 e. The van der Waals surface area contributed by atoms with Gasteiger partial charge in [0.25, 0.3) is 0 Å². The first-order valence-electron chi connectivity index (χ1n) is 6.06. The van der Waals surface area contributed by atoms with Crippen LogP contribution in [-0.2, 0) is 4.79 Å². The molecule has 2 rings (SSSR count). The van der Waals surface area contributed by atoms with Crippen molar-refractivity contribution in [2.24, 2.45) is 0 Å². The van der Waals surface area contributed by atoms with E-state index in [-0.39, 0.29) is 5.91 Å². The van der Waals surface area contributed by atoms with Crippen LogP contribution in [0.25, 0.3) is 6.08 Å². The third-order valence-electron chi connectivity index (χ3n) is 2.65. The quantitative estimate of drug-likeness (QED) is 0.856. The summed E-state index contributed by atoms with van der Waals surface area (Å²) >= 11 is 3.35. The van der Waals surface area contributed by atoms with Crippen molar-refractivity contribution in [3.8, 4) is 5.75 Å². The lowest BCUT2D eigenvalue weighted by Gasteiger charge is -2.02. The molecule has 0 heterocycles. The van der Waals surface area contributed by atoms with Gasteiger partial charge in [-0.15, -0.1) is 0 Å². The Labute approximate surface area is 126 Å². The third-order valence-corrected chi connectivity index (χ3v) is 3.18. The highest BCUT2D eigenvalue weighted by atomic mass is 79.9. The number of ether oxygens (including phenoxy) is 1. The van der Waals surface area contributed by atoms with Crippen molar-refractivity contribution in [1.82, 2.24) is 0 Å². The monoisotopic (exact) mass is 331 g/mol. The van der Waals surface area contributed by atoms with Gasteiger partial charge in [-0.05, 0) is 48.0 Å². The number of methoxy groups -OCH3 is 1. The van der Waals surface area contributed by atoms with Crippen molar-refractivity contribution in [2.45, 2.75) is 0 Å². The van der Waals surface area contributed by atoms with Crippen LogP contribution in [0.3, 0.4) is 0 Å². The molecule has 0 aromatic heterocycles. The summed E-state index contributed by atoms with van der Waals surface area (Å²) in [5, 5.41) is 2.79. The van der Waals surface area contributed by atoms with E-state index in [1.807, 2.05) is 48.5 Å². The van der Waals surface area contributed by atoms with Crippen LogP contribution in [0.5, 0.6) is 5.75 Å². The lowest BCUT2D eigenvalue weighted by Crippen LogP contribution is -2.07. The number of hydrogen-bond acceptors (Lipinski definition) is 2. The molecule has 2 aromatic carbocycles. The lowest BCUT2D eigenvalue weighted by molar-refractivity contribution is -0.111. The maximum atomic E-state index is 11.8. The minimum atomic E-state index is -0.164. The van der Waals surface area contributed by atoms with Gasteiger partial charge in [-0.2, -0.15) is 0 Å². The fourth-order valence-electron chi connectivity index (χ4n) is 1.60. The van der Waals surface area contributed by atoms with E-state index in [1.165, 1.54) is 6.08 Å². The molecule has 3 nitrogen and oxygen atoms in total. The number of rotatable bonds is 4. The zero-order valence-corrected chi connectivity index (χ0v) is 12.6. The molecule has 0 saturated carbocycles. The SMILES string of the molecule is COc1ccc(C=CC(=O)Nc2ccc(Br)cc2)cc1. The Hall–Kier alpha value is -2.07. The van der Waals surface area contributed by atoms with Crippen LogP contribution in [0.4, 0.5) is 5.69 Å². The van der Waals surface area contributed by atoms with E-state index in [0.29, 0.717) is 0 Å². The second-order valence-electron chi connectivity index (χ2n) is 4.10. The van der Waals surface area contributed by atoms with Crippen LogP contribution in [0.15, 0.2) is 59.1 Å². The Kier molecular flexibility index (Phi) is 4.96. The molecule has 0 aliphatic heterocycles. The van der Waals surface area contributed by atoms with Gasteiger partial charge in [0.2, 0.25) is 5.91 Å². The number of halogens is 1. The summed E-state index contributed by atoms with van der Waals surface area (Å²) in [6, 6.07) is 14.9. The van der Waals surface area contributed by atoms with E-state index in [4.69, 9.17) is 4.74 Å². The number of benzene rings is 2. The summed E-state index contributed by atoms with van der Waals surface area (Å²) in [5.41, 5.74) is 1.70. The van der Waals surface area contributed by atoms with E-state index >= 15 is 0 Å². The molecule has 2 aromatic rings. The van der Waals surface area contributed by atoms with Gasteiger partial charge in [-0.3, -0.25) is 4.79 Å². The summed E-state index contributed by atoms with van der Waals surface area (Å²) in [7, 11) is 1.62. The molecule has 1 N–H and O–H groups in total. The highest BCUT2D eigenvalue weighted by Crippen LogP contribution is 2.15. The first kappa shape index (κ1) is 14.3. The Morgan fingerprint density at radius 1 is 1.10 bits per heavy atom. The summed E-state index contributed by atoms with van der Waals surface area (Å²) in [6.07, 6.45) is 3.26. The zero-order valence-electron chi connectivity index (χ0n) is 11.0. The molecule has 0 saturated heterocycles. The number of hydrogen-bond donors (Lipinski definition) is 1. The predicted molar refractivity (Wildman–Crippen MR) is 84.8 cm³/mol. The Morgan fingerprint density at radius 2 is 1.75 bits per heavy atom. The van der Waals surface area contributed by atoms with Crippen molar-refractivity contribution >= 4 is 33.6 Å². The number of amides is 1. The second-order valence-corrected chi connectivity index (χ2v) is 5.02. The summed E-state index contributed by atoms with van der Waals surface area (Å²) in [4.78, 5) is 11.8. The van der Waals surface area contributed by atoms with Crippen LogP contribution in [0, 0.1) is 0 Å². The van der Waals surface area contributed by atoms with Gasteiger partial charge in [0.15, 0.2) is 0 Å². The van der Waals surface area contributed by atoms with E-state index in [1.54, 1.807) is 13.2 Å². The topological polar surface area (TPSA) is 38.3 Å². The first-order valence-corrected chi connectivity index (χ1v) is 6.85. The highest BCUT2D eigenvalue weighted by Gasteiger charge is 1.98. The van der Waals surface area contributed by atoms with Crippen molar-refractivity contribution in [3.63, 3.8) is 0 Å². The van der Waals surface area contributed by atoms with E-state index < -0.39 is 0 Å². The number of nitrogens with one attached hydrogen (secondary N) is 1. The average Bonchev–Trinajstić information content (AvgIpc) is 2.48. The van der Waals surface area contributed by atoms with Crippen molar-refractivity contribution < 1.29 is 9.53 Å². The Morgan fingerprint density at radius 3 is 2.35 bits per heavy atom. The zero-order chi connectivity index (χ0) is 14.4. The van der Waals surface area contributed by atoms with Crippen LogP contribution in [-0.4, -0.2) is 13.0 Å². The van der Waals surface area contributed by atoms with Crippen molar-refractivity contribution in [1.29, 1.82) is 0 Å². The predicted octanol–water partition coefficient (Wildman–Crippen LogP) is 4.11. The van der Waals surface area contributed by atoms with Crippen LogP contribution in [0.1, 0.15) is 5.56 Å². The Balaban J connectivity index is 1.96. The fraction of sp³-hybridized carbons (Fsp3) is 0.0625. The normalized spacial score (nSPS) is 10.5. The summed E-state index contributed by atoms with van der Waals surface area (Å²) in [5.74, 6) is 0.629. The van der Waals surface area contributed by atoms with Crippen LogP contribution >= 0.6 is 15.9 Å². The maximum absolute atomic E-state index is 11.8. The Bertz CT molecular complexity index is 603. The molecule has 0 radical (unpaired) electrons. The van der Waals surface area contributed by atoms with Gasteiger partial charge in [-0.25, -0.2) is 0 Å². The molecule has 102 valence electrons. The van der Waals surface area contributed by atoms with Crippen LogP contribution < -0.4 is 10.1 Å². The summed E-state index contributed by atoms with van der Waals surface area (Å²) < 4.78 is 6.05. The highest BCUT2D eigenvalue weighted by molar-refractivity contribution is 9.10. The molecule has 0 aliphatic rings. The molecular weight excluding hydrogens is 318 g/mol.